The minimum absolute atomic E-state index is 0.251. The van der Waals surface area contributed by atoms with Crippen LogP contribution < -0.4 is 5.32 Å². The Labute approximate surface area is 120 Å². The van der Waals surface area contributed by atoms with Gasteiger partial charge in [-0.05, 0) is 42.4 Å². The Kier molecular flexibility index (Phi) is 4.39. The molecule has 1 aromatic rings. The lowest BCUT2D eigenvalue weighted by molar-refractivity contribution is 0.162. The molecule has 3 heteroatoms. The Balaban J connectivity index is 2.15. The predicted octanol–water partition coefficient (Wildman–Crippen LogP) is 5.50. The summed E-state index contributed by atoms with van der Waals surface area (Å²) in [6.45, 7) is 6.82. The van der Waals surface area contributed by atoms with Gasteiger partial charge in [0.05, 0.1) is 5.69 Å². The molecule has 0 bridgehead atoms. The first-order chi connectivity index (χ1) is 8.88. The SMILES string of the molecule is CC(C)(C)C1CCCCC1Nc1ccc(Cl)cc1F. The molecular formula is C16H23ClFN. The first kappa shape index (κ1) is 14.6. The third-order valence-electron chi connectivity index (χ3n) is 4.15. The van der Waals surface area contributed by atoms with E-state index >= 15 is 0 Å². The van der Waals surface area contributed by atoms with Crippen LogP contribution in [0.5, 0.6) is 0 Å². The molecule has 2 rings (SSSR count). The van der Waals surface area contributed by atoms with E-state index in [1.54, 1.807) is 12.1 Å². The van der Waals surface area contributed by atoms with Crippen molar-refractivity contribution in [2.75, 3.05) is 5.32 Å². The van der Waals surface area contributed by atoms with Gasteiger partial charge in [0.1, 0.15) is 5.82 Å². The molecule has 0 aromatic heterocycles. The lowest BCUT2D eigenvalue weighted by Gasteiger charge is -2.41. The van der Waals surface area contributed by atoms with Gasteiger partial charge in [-0.1, -0.05) is 45.2 Å². The van der Waals surface area contributed by atoms with Crippen molar-refractivity contribution in [3.05, 3.63) is 29.0 Å². The van der Waals surface area contributed by atoms with Gasteiger partial charge in [0.15, 0.2) is 0 Å². The number of nitrogens with one attached hydrogen (secondary N) is 1. The lowest BCUT2D eigenvalue weighted by Crippen LogP contribution is -2.40. The highest BCUT2D eigenvalue weighted by atomic mass is 35.5. The van der Waals surface area contributed by atoms with Crippen LogP contribution in [-0.4, -0.2) is 6.04 Å². The predicted molar refractivity (Wildman–Crippen MR) is 80.2 cm³/mol. The van der Waals surface area contributed by atoms with Crippen LogP contribution in [0.25, 0.3) is 0 Å². The molecule has 1 aliphatic rings. The van der Waals surface area contributed by atoms with Crippen LogP contribution in [0.15, 0.2) is 18.2 Å². The molecule has 0 radical (unpaired) electrons. The van der Waals surface area contributed by atoms with Crippen LogP contribution in [-0.2, 0) is 0 Å². The van der Waals surface area contributed by atoms with Crippen LogP contribution >= 0.6 is 11.6 Å². The first-order valence-electron chi connectivity index (χ1n) is 7.09. The average molecular weight is 284 g/mol. The molecular weight excluding hydrogens is 261 g/mol. The van der Waals surface area contributed by atoms with E-state index in [0.717, 1.165) is 6.42 Å². The molecule has 1 saturated carbocycles. The molecule has 1 nitrogen and oxygen atoms in total. The summed E-state index contributed by atoms with van der Waals surface area (Å²) in [4.78, 5) is 0. The molecule has 2 atom stereocenters. The molecule has 2 unspecified atom stereocenters. The minimum atomic E-state index is -0.259. The highest BCUT2D eigenvalue weighted by Gasteiger charge is 2.34. The van der Waals surface area contributed by atoms with Crippen molar-refractivity contribution in [3.63, 3.8) is 0 Å². The lowest BCUT2D eigenvalue weighted by atomic mass is 9.69. The Bertz CT molecular complexity index is 439. The van der Waals surface area contributed by atoms with Crippen molar-refractivity contribution in [1.82, 2.24) is 0 Å². The van der Waals surface area contributed by atoms with E-state index in [4.69, 9.17) is 11.6 Å². The number of hydrogen-bond donors (Lipinski definition) is 1. The van der Waals surface area contributed by atoms with Crippen molar-refractivity contribution >= 4 is 17.3 Å². The molecule has 19 heavy (non-hydrogen) atoms. The van der Waals surface area contributed by atoms with Gasteiger partial charge < -0.3 is 5.32 Å². The average Bonchev–Trinajstić information content (AvgIpc) is 2.32. The maximum Gasteiger partial charge on any atom is 0.147 e. The third-order valence-corrected chi connectivity index (χ3v) is 4.39. The van der Waals surface area contributed by atoms with Crippen LogP contribution in [0, 0.1) is 17.2 Å². The number of rotatable bonds is 2. The van der Waals surface area contributed by atoms with Crippen molar-refractivity contribution in [2.24, 2.45) is 11.3 Å². The van der Waals surface area contributed by atoms with Crippen LogP contribution in [0.4, 0.5) is 10.1 Å². The molecule has 106 valence electrons. The molecule has 1 aromatic carbocycles. The standard InChI is InChI=1S/C16H23ClFN/c1-16(2,3)12-6-4-5-7-14(12)19-15-9-8-11(17)10-13(15)18/h8-10,12,14,19H,4-7H2,1-3H3. The van der Waals surface area contributed by atoms with E-state index in [9.17, 15) is 4.39 Å². The Morgan fingerprint density at radius 1 is 1.21 bits per heavy atom. The second kappa shape index (κ2) is 5.70. The van der Waals surface area contributed by atoms with E-state index in [-0.39, 0.29) is 11.2 Å². The number of hydrogen-bond acceptors (Lipinski definition) is 1. The highest BCUT2D eigenvalue weighted by Crippen LogP contribution is 2.39. The number of anilines is 1. The van der Waals surface area contributed by atoms with Gasteiger partial charge in [-0.3, -0.25) is 0 Å². The zero-order valence-corrected chi connectivity index (χ0v) is 12.7. The molecule has 0 spiro atoms. The summed E-state index contributed by atoms with van der Waals surface area (Å²) in [6.07, 6.45) is 4.84. The molecule has 1 N–H and O–H groups in total. The molecule has 1 aliphatic carbocycles. The van der Waals surface area contributed by atoms with E-state index in [1.165, 1.54) is 25.3 Å². The number of benzene rings is 1. The second-order valence-corrected chi connectivity index (χ2v) is 7.07. The Morgan fingerprint density at radius 2 is 1.89 bits per heavy atom. The van der Waals surface area contributed by atoms with Gasteiger partial charge in [-0.25, -0.2) is 4.39 Å². The van der Waals surface area contributed by atoms with E-state index in [0.29, 0.717) is 22.7 Å². The molecule has 0 amide bonds. The quantitative estimate of drug-likeness (QED) is 0.756. The van der Waals surface area contributed by atoms with Gasteiger partial charge >= 0.3 is 0 Å². The summed E-state index contributed by atoms with van der Waals surface area (Å²) < 4.78 is 13.9. The molecule has 0 saturated heterocycles. The van der Waals surface area contributed by atoms with Crippen LogP contribution in [0.1, 0.15) is 46.5 Å². The van der Waals surface area contributed by atoms with Gasteiger partial charge in [0, 0.05) is 11.1 Å². The van der Waals surface area contributed by atoms with Crippen molar-refractivity contribution in [3.8, 4) is 0 Å². The minimum Gasteiger partial charge on any atom is -0.380 e. The third kappa shape index (κ3) is 3.62. The fourth-order valence-corrected chi connectivity index (χ4v) is 3.31. The normalized spacial score (nSPS) is 24.3. The molecule has 1 fully saturated rings. The fraction of sp³-hybridized carbons (Fsp3) is 0.625. The summed E-state index contributed by atoms with van der Waals surface area (Å²) in [5.41, 5.74) is 0.826. The first-order valence-corrected chi connectivity index (χ1v) is 7.47. The highest BCUT2D eigenvalue weighted by molar-refractivity contribution is 6.30. The van der Waals surface area contributed by atoms with Gasteiger partial charge in [-0.15, -0.1) is 0 Å². The topological polar surface area (TPSA) is 12.0 Å². The number of halogens is 2. The van der Waals surface area contributed by atoms with Crippen molar-refractivity contribution < 1.29 is 4.39 Å². The van der Waals surface area contributed by atoms with Crippen molar-refractivity contribution in [1.29, 1.82) is 0 Å². The summed E-state index contributed by atoms with van der Waals surface area (Å²) in [5.74, 6) is 0.321. The second-order valence-electron chi connectivity index (χ2n) is 6.63. The zero-order valence-electron chi connectivity index (χ0n) is 12.0. The van der Waals surface area contributed by atoms with Gasteiger partial charge in [0.2, 0.25) is 0 Å². The van der Waals surface area contributed by atoms with E-state index in [1.807, 2.05) is 0 Å². The van der Waals surface area contributed by atoms with Crippen molar-refractivity contribution in [2.45, 2.75) is 52.5 Å². The summed E-state index contributed by atoms with van der Waals surface area (Å²) >= 11 is 5.79. The maximum absolute atomic E-state index is 13.9. The monoisotopic (exact) mass is 283 g/mol. The smallest absolute Gasteiger partial charge is 0.147 e. The van der Waals surface area contributed by atoms with E-state index in [2.05, 4.69) is 26.1 Å². The summed E-state index contributed by atoms with van der Waals surface area (Å²) in [5, 5.41) is 3.84. The van der Waals surface area contributed by atoms with Gasteiger partial charge in [-0.2, -0.15) is 0 Å². The fourth-order valence-electron chi connectivity index (χ4n) is 3.15. The van der Waals surface area contributed by atoms with Gasteiger partial charge in [0.25, 0.3) is 0 Å². The Morgan fingerprint density at radius 3 is 2.53 bits per heavy atom. The molecule has 0 heterocycles. The van der Waals surface area contributed by atoms with Crippen LogP contribution in [0.3, 0.4) is 0 Å². The van der Waals surface area contributed by atoms with E-state index < -0.39 is 0 Å². The summed E-state index contributed by atoms with van der Waals surface area (Å²) in [7, 11) is 0. The van der Waals surface area contributed by atoms with Crippen LogP contribution in [0.2, 0.25) is 5.02 Å². The largest absolute Gasteiger partial charge is 0.380 e. The maximum atomic E-state index is 13.9. The Hall–Kier alpha value is -0.760. The molecule has 0 aliphatic heterocycles. The summed E-state index contributed by atoms with van der Waals surface area (Å²) in [6, 6.07) is 5.21. The zero-order chi connectivity index (χ0) is 14.0.